The lowest BCUT2D eigenvalue weighted by atomic mass is 10.2. The molecule has 0 bridgehead atoms. The number of halogens is 2. The molecule has 1 N–H and O–H groups in total. The molecule has 2 saturated heterocycles. The number of sulfonamides is 1. The Hall–Kier alpha value is -0.880. The van der Waals surface area contributed by atoms with E-state index >= 15 is 0 Å². The molecule has 2 heterocycles. The number of nitrogens with one attached hydrogen (secondary N) is 1. The van der Waals surface area contributed by atoms with Gasteiger partial charge in [-0.05, 0) is 31.2 Å². The summed E-state index contributed by atoms with van der Waals surface area (Å²) < 4.78 is 27.0. The number of nitriles is 1. The topological polar surface area (TPSA) is 76.4 Å². The fourth-order valence-electron chi connectivity index (χ4n) is 3.18. The van der Waals surface area contributed by atoms with Crippen LogP contribution in [-0.4, -0.2) is 62.9 Å². The number of piperazine rings is 1. The van der Waals surface area contributed by atoms with E-state index in [1.54, 1.807) is 0 Å². The SMILES string of the molecule is Cl.N#Cc1ccc(S(=O)(=O)N2CCN(C3CCNC3)CC2)c(Cl)c1. The van der Waals surface area contributed by atoms with E-state index in [0.717, 1.165) is 32.6 Å². The molecule has 3 rings (SSSR count). The van der Waals surface area contributed by atoms with E-state index in [1.807, 2.05) is 6.07 Å². The third kappa shape index (κ3) is 3.85. The van der Waals surface area contributed by atoms with Crippen molar-refractivity contribution in [2.24, 2.45) is 0 Å². The molecular formula is C15H20Cl2N4O2S. The maximum absolute atomic E-state index is 12.8. The van der Waals surface area contributed by atoms with Crippen molar-refractivity contribution < 1.29 is 8.42 Å². The maximum atomic E-state index is 12.8. The minimum atomic E-state index is -3.61. The second-order valence-electron chi connectivity index (χ2n) is 5.84. The molecule has 132 valence electrons. The van der Waals surface area contributed by atoms with Gasteiger partial charge in [-0.2, -0.15) is 9.57 Å². The van der Waals surface area contributed by atoms with Crippen LogP contribution in [0.3, 0.4) is 0 Å². The van der Waals surface area contributed by atoms with E-state index in [9.17, 15) is 8.42 Å². The van der Waals surface area contributed by atoms with Crippen LogP contribution in [0.4, 0.5) is 0 Å². The van der Waals surface area contributed by atoms with Crippen LogP contribution in [0.1, 0.15) is 12.0 Å². The predicted octanol–water partition coefficient (Wildman–Crippen LogP) is 1.30. The molecule has 0 radical (unpaired) electrons. The number of hydrogen-bond acceptors (Lipinski definition) is 5. The van der Waals surface area contributed by atoms with E-state index in [4.69, 9.17) is 16.9 Å². The van der Waals surface area contributed by atoms with Gasteiger partial charge in [0.15, 0.2) is 0 Å². The normalized spacial score (nSPS) is 22.8. The summed E-state index contributed by atoms with van der Waals surface area (Å²) in [5, 5.41) is 12.3. The van der Waals surface area contributed by atoms with Gasteiger partial charge in [0.05, 0.1) is 16.7 Å². The zero-order valence-corrected chi connectivity index (χ0v) is 15.5. The van der Waals surface area contributed by atoms with Gasteiger partial charge in [0.2, 0.25) is 10.0 Å². The molecule has 1 atom stereocenters. The van der Waals surface area contributed by atoms with Gasteiger partial charge in [-0.1, -0.05) is 11.6 Å². The van der Waals surface area contributed by atoms with Crippen LogP contribution < -0.4 is 5.32 Å². The molecular weight excluding hydrogens is 371 g/mol. The van der Waals surface area contributed by atoms with Crippen molar-refractivity contribution in [1.82, 2.24) is 14.5 Å². The largest absolute Gasteiger partial charge is 0.315 e. The molecule has 2 aliphatic heterocycles. The number of nitrogens with zero attached hydrogens (tertiary/aromatic N) is 3. The Kier molecular flexibility index (Phi) is 6.48. The van der Waals surface area contributed by atoms with Gasteiger partial charge in [0.1, 0.15) is 4.90 Å². The molecule has 0 aromatic heterocycles. The highest BCUT2D eigenvalue weighted by molar-refractivity contribution is 7.89. The summed E-state index contributed by atoms with van der Waals surface area (Å²) in [6, 6.07) is 6.77. The van der Waals surface area contributed by atoms with Crippen molar-refractivity contribution in [3.63, 3.8) is 0 Å². The molecule has 2 fully saturated rings. The minimum Gasteiger partial charge on any atom is -0.315 e. The van der Waals surface area contributed by atoms with E-state index in [0.29, 0.717) is 24.7 Å². The first-order valence-electron chi connectivity index (χ1n) is 7.67. The van der Waals surface area contributed by atoms with E-state index in [1.165, 1.54) is 22.5 Å². The van der Waals surface area contributed by atoms with Gasteiger partial charge in [0, 0.05) is 38.8 Å². The Balaban J connectivity index is 0.00000208. The van der Waals surface area contributed by atoms with Crippen LogP contribution in [0.2, 0.25) is 5.02 Å². The second kappa shape index (κ2) is 8.00. The van der Waals surface area contributed by atoms with E-state index < -0.39 is 10.0 Å². The summed E-state index contributed by atoms with van der Waals surface area (Å²) in [5.41, 5.74) is 0.354. The van der Waals surface area contributed by atoms with Crippen molar-refractivity contribution in [3.8, 4) is 6.07 Å². The van der Waals surface area contributed by atoms with Crippen LogP contribution in [0.25, 0.3) is 0 Å². The molecule has 1 unspecified atom stereocenters. The molecule has 0 spiro atoms. The van der Waals surface area contributed by atoms with Gasteiger partial charge >= 0.3 is 0 Å². The smallest absolute Gasteiger partial charge is 0.244 e. The Labute approximate surface area is 153 Å². The summed E-state index contributed by atoms with van der Waals surface area (Å²) in [6.45, 7) is 4.42. The molecule has 1 aromatic rings. The quantitative estimate of drug-likeness (QED) is 0.841. The summed E-state index contributed by atoms with van der Waals surface area (Å²) >= 11 is 6.07. The van der Waals surface area contributed by atoms with Crippen molar-refractivity contribution in [2.45, 2.75) is 17.4 Å². The van der Waals surface area contributed by atoms with Gasteiger partial charge in [-0.25, -0.2) is 8.42 Å². The first-order chi connectivity index (χ1) is 11.0. The zero-order chi connectivity index (χ0) is 16.4. The summed E-state index contributed by atoms with van der Waals surface area (Å²) in [4.78, 5) is 2.43. The Morgan fingerprint density at radius 2 is 1.96 bits per heavy atom. The lowest BCUT2D eigenvalue weighted by Crippen LogP contribution is -2.52. The number of hydrogen-bond donors (Lipinski definition) is 1. The Bertz CT molecular complexity index is 721. The van der Waals surface area contributed by atoms with Gasteiger partial charge < -0.3 is 5.32 Å². The van der Waals surface area contributed by atoms with E-state index in [-0.39, 0.29) is 22.3 Å². The fraction of sp³-hybridized carbons (Fsp3) is 0.533. The Morgan fingerprint density at radius 3 is 2.50 bits per heavy atom. The third-order valence-electron chi connectivity index (χ3n) is 4.50. The minimum absolute atomic E-state index is 0. The summed E-state index contributed by atoms with van der Waals surface area (Å²) in [5.74, 6) is 0. The van der Waals surface area contributed by atoms with Gasteiger partial charge in [0.25, 0.3) is 0 Å². The highest BCUT2D eigenvalue weighted by atomic mass is 35.5. The molecule has 24 heavy (non-hydrogen) atoms. The highest BCUT2D eigenvalue weighted by Crippen LogP contribution is 2.26. The summed E-state index contributed by atoms with van der Waals surface area (Å²) in [6.07, 6.45) is 1.12. The molecule has 0 amide bonds. The predicted molar refractivity (Wildman–Crippen MR) is 95.0 cm³/mol. The second-order valence-corrected chi connectivity index (χ2v) is 8.16. The monoisotopic (exact) mass is 390 g/mol. The van der Waals surface area contributed by atoms with E-state index in [2.05, 4.69) is 10.2 Å². The zero-order valence-electron chi connectivity index (χ0n) is 13.1. The fourth-order valence-corrected chi connectivity index (χ4v) is 5.12. The lowest BCUT2D eigenvalue weighted by Gasteiger charge is -2.37. The van der Waals surface area contributed by atoms with Crippen LogP contribution in [0.15, 0.2) is 23.1 Å². The molecule has 2 aliphatic rings. The van der Waals surface area contributed by atoms with Crippen LogP contribution >= 0.6 is 24.0 Å². The molecule has 6 nitrogen and oxygen atoms in total. The molecule has 0 aliphatic carbocycles. The van der Waals surface area contributed by atoms with Gasteiger partial charge in [-0.15, -0.1) is 12.4 Å². The number of rotatable bonds is 3. The first kappa shape index (κ1) is 19.4. The van der Waals surface area contributed by atoms with Gasteiger partial charge in [-0.3, -0.25) is 4.90 Å². The number of benzene rings is 1. The van der Waals surface area contributed by atoms with Crippen LogP contribution in [0, 0.1) is 11.3 Å². The molecule has 9 heteroatoms. The lowest BCUT2D eigenvalue weighted by molar-refractivity contribution is 0.145. The highest BCUT2D eigenvalue weighted by Gasteiger charge is 2.32. The Morgan fingerprint density at radius 1 is 1.25 bits per heavy atom. The van der Waals surface area contributed by atoms with Crippen LogP contribution in [0.5, 0.6) is 0 Å². The van der Waals surface area contributed by atoms with Crippen molar-refractivity contribution in [1.29, 1.82) is 5.26 Å². The standard InChI is InChI=1S/C15H19ClN4O2S.ClH/c16-14-9-12(10-17)1-2-15(14)23(21,22)20-7-5-19(6-8-20)13-3-4-18-11-13;/h1-2,9,13,18H,3-8,11H2;1H. The van der Waals surface area contributed by atoms with Crippen molar-refractivity contribution >= 4 is 34.0 Å². The van der Waals surface area contributed by atoms with Crippen molar-refractivity contribution in [2.75, 3.05) is 39.3 Å². The average molecular weight is 391 g/mol. The van der Waals surface area contributed by atoms with Crippen molar-refractivity contribution in [3.05, 3.63) is 28.8 Å². The third-order valence-corrected chi connectivity index (χ3v) is 6.88. The molecule has 0 saturated carbocycles. The average Bonchev–Trinajstić information content (AvgIpc) is 3.09. The first-order valence-corrected chi connectivity index (χ1v) is 9.49. The molecule has 1 aromatic carbocycles. The maximum Gasteiger partial charge on any atom is 0.244 e. The van der Waals surface area contributed by atoms with Crippen LogP contribution in [-0.2, 0) is 10.0 Å². The summed E-state index contributed by atoms with van der Waals surface area (Å²) in [7, 11) is -3.61.